The molecule has 1 aromatic carbocycles. The lowest BCUT2D eigenvalue weighted by Crippen LogP contribution is -2.18. The third-order valence-corrected chi connectivity index (χ3v) is 2.37. The van der Waals surface area contributed by atoms with Crippen LogP contribution in [0.2, 0.25) is 5.02 Å². The molecule has 0 spiro atoms. The van der Waals surface area contributed by atoms with Crippen LogP contribution in [0.5, 0.6) is 0 Å². The summed E-state index contributed by atoms with van der Waals surface area (Å²) in [6.07, 6.45) is 0. The Balaban J connectivity index is 3.38. The lowest BCUT2D eigenvalue weighted by atomic mass is 9.98. The third-order valence-electron chi connectivity index (χ3n) is 1.62. The van der Waals surface area contributed by atoms with Gasteiger partial charge in [0.1, 0.15) is 5.82 Å². The van der Waals surface area contributed by atoms with Crippen molar-refractivity contribution in [2.45, 2.75) is 19.4 Å². The second-order valence-electron chi connectivity index (χ2n) is 3.30. The second kappa shape index (κ2) is 3.56. The summed E-state index contributed by atoms with van der Waals surface area (Å²) in [7, 11) is 0. The van der Waals surface area contributed by atoms with Gasteiger partial charge >= 0.3 is 0 Å². The van der Waals surface area contributed by atoms with Crippen molar-refractivity contribution in [2.75, 3.05) is 0 Å². The van der Waals surface area contributed by atoms with E-state index in [1.54, 1.807) is 6.07 Å². The largest absolute Gasteiger partial charge is 0.386 e. The van der Waals surface area contributed by atoms with Gasteiger partial charge in [0, 0.05) is 10.0 Å². The Morgan fingerprint density at radius 1 is 1.46 bits per heavy atom. The molecular weight excluding hydrogens is 258 g/mol. The van der Waals surface area contributed by atoms with Crippen molar-refractivity contribution in [1.82, 2.24) is 0 Å². The Morgan fingerprint density at radius 2 is 2.00 bits per heavy atom. The van der Waals surface area contributed by atoms with Crippen LogP contribution < -0.4 is 0 Å². The summed E-state index contributed by atoms with van der Waals surface area (Å²) in [5, 5.41) is 9.82. The highest BCUT2D eigenvalue weighted by Crippen LogP contribution is 2.32. The first-order valence-corrected chi connectivity index (χ1v) is 4.87. The minimum atomic E-state index is -1.26. The van der Waals surface area contributed by atoms with Gasteiger partial charge in [0.15, 0.2) is 0 Å². The Hall–Kier alpha value is -0.120. The van der Waals surface area contributed by atoms with Crippen LogP contribution >= 0.6 is 27.5 Å². The molecule has 0 fully saturated rings. The van der Waals surface area contributed by atoms with Crippen LogP contribution in [0, 0.1) is 5.82 Å². The molecule has 13 heavy (non-hydrogen) atoms. The van der Waals surface area contributed by atoms with Crippen molar-refractivity contribution < 1.29 is 9.50 Å². The van der Waals surface area contributed by atoms with Gasteiger partial charge in [0.25, 0.3) is 0 Å². The van der Waals surface area contributed by atoms with Crippen molar-refractivity contribution in [1.29, 1.82) is 0 Å². The van der Waals surface area contributed by atoms with E-state index in [1.165, 1.54) is 19.9 Å². The molecule has 4 heteroatoms. The Bertz CT molecular complexity index is 310. The van der Waals surface area contributed by atoms with E-state index in [1.807, 2.05) is 0 Å². The molecule has 1 aromatic rings. The summed E-state index contributed by atoms with van der Waals surface area (Å²) in [6, 6.07) is 2.83. The molecule has 0 saturated heterocycles. The van der Waals surface area contributed by atoms with Crippen LogP contribution in [-0.4, -0.2) is 5.11 Å². The van der Waals surface area contributed by atoms with E-state index in [4.69, 9.17) is 11.6 Å². The molecule has 0 unspecified atom stereocenters. The first-order valence-electron chi connectivity index (χ1n) is 3.70. The van der Waals surface area contributed by atoms with Gasteiger partial charge in [-0.25, -0.2) is 4.39 Å². The molecule has 1 rings (SSSR count). The van der Waals surface area contributed by atoms with Crippen molar-refractivity contribution in [3.63, 3.8) is 0 Å². The molecular formula is C9H9BrClFO. The molecule has 0 bridgehead atoms. The summed E-state index contributed by atoms with van der Waals surface area (Å²) in [5.41, 5.74) is -1.14. The normalized spacial score (nSPS) is 11.8. The molecule has 1 N–H and O–H groups in total. The van der Waals surface area contributed by atoms with E-state index in [2.05, 4.69) is 15.9 Å². The lowest BCUT2D eigenvalue weighted by Gasteiger charge is -2.20. The number of hydrogen-bond acceptors (Lipinski definition) is 1. The minimum absolute atomic E-state index is 0.123. The Labute approximate surface area is 89.7 Å². The summed E-state index contributed by atoms with van der Waals surface area (Å²) < 4.78 is 13.9. The van der Waals surface area contributed by atoms with Gasteiger partial charge in [-0.1, -0.05) is 27.5 Å². The van der Waals surface area contributed by atoms with E-state index in [-0.39, 0.29) is 10.6 Å². The fourth-order valence-corrected chi connectivity index (χ4v) is 2.13. The maximum atomic E-state index is 13.3. The van der Waals surface area contributed by atoms with E-state index in [0.29, 0.717) is 4.47 Å². The highest BCUT2D eigenvalue weighted by molar-refractivity contribution is 9.10. The molecule has 0 atom stereocenters. The smallest absolute Gasteiger partial charge is 0.131 e. The highest BCUT2D eigenvalue weighted by atomic mass is 79.9. The fourth-order valence-electron chi connectivity index (χ4n) is 1.13. The van der Waals surface area contributed by atoms with Crippen LogP contribution in [0.4, 0.5) is 4.39 Å². The van der Waals surface area contributed by atoms with Crippen LogP contribution in [0.15, 0.2) is 16.6 Å². The van der Waals surface area contributed by atoms with Gasteiger partial charge < -0.3 is 5.11 Å². The maximum Gasteiger partial charge on any atom is 0.131 e. The van der Waals surface area contributed by atoms with Gasteiger partial charge in [0.2, 0.25) is 0 Å². The van der Waals surface area contributed by atoms with E-state index < -0.39 is 11.4 Å². The molecule has 0 amide bonds. The third kappa shape index (κ3) is 2.42. The quantitative estimate of drug-likeness (QED) is 0.826. The maximum absolute atomic E-state index is 13.3. The second-order valence-corrected chi connectivity index (χ2v) is 4.63. The number of aliphatic hydroxyl groups is 1. The van der Waals surface area contributed by atoms with Gasteiger partial charge in [-0.05, 0) is 26.0 Å². The van der Waals surface area contributed by atoms with E-state index >= 15 is 0 Å². The predicted molar refractivity (Wildman–Crippen MR) is 54.4 cm³/mol. The summed E-state index contributed by atoms with van der Waals surface area (Å²) in [4.78, 5) is 0. The Morgan fingerprint density at radius 3 is 2.38 bits per heavy atom. The number of rotatable bonds is 1. The monoisotopic (exact) mass is 266 g/mol. The van der Waals surface area contributed by atoms with Gasteiger partial charge in [-0.3, -0.25) is 0 Å². The summed E-state index contributed by atoms with van der Waals surface area (Å²) >= 11 is 8.90. The summed E-state index contributed by atoms with van der Waals surface area (Å²) in [6.45, 7) is 2.98. The molecule has 0 aromatic heterocycles. The van der Waals surface area contributed by atoms with Crippen LogP contribution in [0.25, 0.3) is 0 Å². The topological polar surface area (TPSA) is 20.2 Å². The molecule has 72 valence electrons. The van der Waals surface area contributed by atoms with Crippen molar-refractivity contribution in [3.05, 3.63) is 33.0 Å². The van der Waals surface area contributed by atoms with Crippen LogP contribution in [-0.2, 0) is 5.60 Å². The molecule has 0 radical (unpaired) electrons. The molecule has 0 aliphatic carbocycles. The summed E-state index contributed by atoms with van der Waals surface area (Å²) in [5.74, 6) is -0.508. The number of halogens is 3. The van der Waals surface area contributed by atoms with Gasteiger partial charge in [0.05, 0.1) is 10.6 Å². The van der Waals surface area contributed by atoms with Gasteiger partial charge in [-0.2, -0.15) is 0 Å². The van der Waals surface area contributed by atoms with E-state index in [9.17, 15) is 9.50 Å². The zero-order valence-corrected chi connectivity index (χ0v) is 9.58. The predicted octanol–water partition coefficient (Wildman–Crippen LogP) is 3.47. The molecule has 0 aliphatic heterocycles. The zero-order valence-electron chi connectivity index (χ0n) is 7.24. The molecule has 0 saturated carbocycles. The van der Waals surface area contributed by atoms with Crippen molar-refractivity contribution >= 4 is 27.5 Å². The standard InChI is InChI=1S/C9H9BrClFO/c1-9(2,13)8-6(11)3-5(10)4-7(8)12/h3-4,13H,1-2H3. The molecule has 0 aliphatic rings. The average molecular weight is 268 g/mol. The molecule has 0 heterocycles. The van der Waals surface area contributed by atoms with E-state index in [0.717, 1.165) is 0 Å². The molecule has 1 nitrogen and oxygen atoms in total. The van der Waals surface area contributed by atoms with Gasteiger partial charge in [-0.15, -0.1) is 0 Å². The number of hydrogen-bond donors (Lipinski definition) is 1. The average Bonchev–Trinajstić information content (AvgIpc) is 1.78. The van der Waals surface area contributed by atoms with Crippen LogP contribution in [0.1, 0.15) is 19.4 Å². The first-order chi connectivity index (χ1) is 5.82. The lowest BCUT2D eigenvalue weighted by molar-refractivity contribution is 0.0746. The van der Waals surface area contributed by atoms with Crippen LogP contribution in [0.3, 0.4) is 0 Å². The minimum Gasteiger partial charge on any atom is -0.386 e. The Kier molecular flexibility index (Phi) is 3.00. The fraction of sp³-hybridized carbons (Fsp3) is 0.333. The van der Waals surface area contributed by atoms with Crippen molar-refractivity contribution in [2.24, 2.45) is 0 Å². The highest BCUT2D eigenvalue weighted by Gasteiger charge is 2.24. The first kappa shape index (κ1) is 11.0. The van der Waals surface area contributed by atoms with Crippen molar-refractivity contribution in [3.8, 4) is 0 Å². The zero-order chi connectivity index (χ0) is 10.2. The number of benzene rings is 1. The SMILES string of the molecule is CC(C)(O)c1c(F)cc(Br)cc1Cl.